The van der Waals surface area contributed by atoms with E-state index in [4.69, 9.17) is 4.74 Å². The SMILES string of the molecule is O=S(=O)(Nc1ncns1)c1ccc2c(c1)OCN2. The normalized spacial score (nSPS) is 13.6. The highest BCUT2D eigenvalue weighted by molar-refractivity contribution is 7.93. The van der Waals surface area contributed by atoms with Crippen molar-refractivity contribution in [1.82, 2.24) is 9.36 Å². The number of sulfonamides is 1. The molecule has 94 valence electrons. The van der Waals surface area contributed by atoms with Crippen LogP contribution in [0.15, 0.2) is 29.4 Å². The first-order valence-corrected chi connectivity index (χ1v) is 7.21. The minimum atomic E-state index is -3.65. The molecular formula is C9H8N4O3S2. The van der Waals surface area contributed by atoms with Crippen LogP contribution in [0.5, 0.6) is 5.75 Å². The van der Waals surface area contributed by atoms with Crippen molar-refractivity contribution in [2.24, 2.45) is 0 Å². The lowest BCUT2D eigenvalue weighted by Gasteiger charge is -2.05. The van der Waals surface area contributed by atoms with Crippen molar-refractivity contribution >= 4 is 32.4 Å². The van der Waals surface area contributed by atoms with Gasteiger partial charge in [0.25, 0.3) is 10.0 Å². The highest BCUT2D eigenvalue weighted by atomic mass is 32.2. The van der Waals surface area contributed by atoms with Crippen molar-refractivity contribution in [3.05, 3.63) is 24.5 Å². The number of anilines is 2. The van der Waals surface area contributed by atoms with Crippen LogP contribution in [0.4, 0.5) is 10.8 Å². The second-order valence-electron chi connectivity index (χ2n) is 3.48. The molecule has 0 atom stereocenters. The topological polar surface area (TPSA) is 93.2 Å². The first-order valence-electron chi connectivity index (χ1n) is 4.95. The van der Waals surface area contributed by atoms with Crippen molar-refractivity contribution in [3.63, 3.8) is 0 Å². The Labute approximate surface area is 107 Å². The van der Waals surface area contributed by atoms with Crippen molar-refractivity contribution in [2.75, 3.05) is 16.8 Å². The van der Waals surface area contributed by atoms with E-state index in [2.05, 4.69) is 19.4 Å². The Morgan fingerprint density at radius 1 is 1.44 bits per heavy atom. The molecule has 0 aliphatic carbocycles. The summed E-state index contributed by atoms with van der Waals surface area (Å²) in [5, 5.41) is 3.20. The molecule has 0 amide bonds. The van der Waals surface area contributed by atoms with Gasteiger partial charge in [-0.1, -0.05) is 0 Å². The van der Waals surface area contributed by atoms with Gasteiger partial charge in [-0.15, -0.1) is 0 Å². The molecule has 1 aromatic carbocycles. The molecule has 7 nitrogen and oxygen atoms in total. The molecule has 9 heteroatoms. The predicted molar refractivity (Wildman–Crippen MR) is 66.3 cm³/mol. The van der Waals surface area contributed by atoms with E-state index < -0.39 is 10.0 Å². The van der Waals surface area contributed by atoms with E-state index in [1.54, 1.807) is 6.07 Å². The van der Waals surface area contributed by atoms with E-state index >= 15 is 0 Å². The van der Waals surface area contributed by atoms with E-state index in [-0.39, 0.29) is 10.0 Å². The van der Waals surface area contributed by atoms with Crippen LogP contribution in [0.1, 0.15) is 0 Å². The smallest absolute Gasteiger partial charge is 0.263 e. The second-order valence-corrected chi connectivity index (χ2v) is 5.94. The van der Waals surface area contributed by atoms with Crippen molar-refractivity contribution in [2.45, 2.75) is 4.90 Å². The standard InChI is InChI=1S/C9H8N4O3S2/c14-18(15,13-9-10-4-12-17-9)6-1-2-7-8(3-6)16-5-11-7/h1-4,11H,5H2,(H,10,12,13). The van der Waals surface area contributed by atoms with Crippen LogP contribution in [0, 0.1) is 0 Å². The highest BCUT2D eigenvalue weighted by Crippen LogP contribution is 2.31. The zero-order valence-corrected chi connectivity index (χ0v) is 10.6. The van der Waals surface area contributed by atoms with Gasteiger partial charge >= 0.3 is 0 Å². The van der Waals surface area contributed by atoms with Gasteiger partial charge in [-0.2, -0.15) is 4.37 Å². The average molecular weight is 284 g/mol. The number of rotatable bonds is 3. The summed E-state index contributed by atoms with van der Waals surface area (Å²) in [6.07, 6.45) is 1.29. The Hall–Kier alpha value is -1.87. The van der Waals surface area contributed by atoms with Gasteiger partial charge in [-0.3, -0.25) is 4.72 Å². The van der Waals surface area contributed by atoms with E-state index in [1.165, 1.54) is 18.5 Å². The summed E-state index contributed by atoms with van der Waals surface area (Å²) in [6.45, 7) is 0.350. The molecule has 0 saturated carbocycles. The number of benzene rings is 1. The van der Waals surface area contributed by atoms with E-state index in [0.29, 0.717) is 12.5 Å². The van der Waals surface area contributed by atoms with Gasteiger partial charge in [0.2, 0.25) is 5.13 Å². The lowest BCUT2D eigenvalue weighted by molar-refractivity contribution is 0.371. The third-order valence-electron chi connectivity index (χ3n) is 2.34. The maximum absolute atomic E-state index is 12.1. The summed E-state index contributed by atoms with van der Waals surface area (Å²) >= 11 is 0.975. The molecule has 0 unspecified atom stereocenters. The lowest BCUT2D eigenvalue weighted by Crippen LogP contribution is -2.12. The summed E-state index contributed by atoms with van der Waals surface area (Å²) < 4.78 is 35.4. The largest absolute Gasteiger partial charge is 0.471 e. The van der Waals surface area contributed by atoms with Gasteiger partial charge in [0.05, 0.1) is 10.6 Å². The minimum absolute atomic E-state index is 0.125. The van der Waals surface area contributed by atoms with Gasteiger partial charge in [-0.25, -0.2) is 13.4 Å². The Morgan fingerprint density at radius 3 is 3.11 bits per heavy atom. The van der Waals surface area contributed by atoms with Gasteiger partial charge in [-0.05, 0) is 12.1 Å². The fourth-order valence-electron chi connectivity index (χ4n) is 1.52. The zero-order valence-electron chi connectivity index (χ0n) is 8.95. The van der Waals surface area contributed by atoms with Crippen LogP contribution in [0.3, 0.4) is 0 Å². The molecule has 0 fully saturated rings. The monoisotopic (exact) mass is 284 g/mol. The van der Waals surface area contributed by atoms with Crippen LogP contribution >= 0.6 is 11.5 Å². The number of aromatic nitrogens is 2. The number of fused-ring (bicyclic) bond motifs is 1. The Kier molecular flexibility index (Phi) is 2.56. The fraction of sp³-hybridized carbons (Fsp3) is 0.111. The lowest BCUT2D eigenvalue weighted by atomic mass is 10.3. The molecule has 18 heavy (non-hydrogen) atoms. The van der Waals surface area contributed by atoms with Crippen molar-refractivity contribution in [3.8, 4) is 5.75 Å². The first kappa shape index (κ1) is 11.2. The average Bonchev–Trinajstić information content (AvgIpc) is 2.97. The molecule has 0 radical (unpaired) electrons. The maximum atomic E-state index is 12.1. The molecule has 2 aromatic rings. The summed E-state index contributed by atoms with van der Waals surface area (Å²) in [4.78, 5) is 3.90. The number of nitrogens with one attached hydrogen (secondary N) is 2. The number of ether oxygens (including phenoxy) is 1. The van der Waals surface area contributed by atoms with Crippen molar-refractivity contribution < 1.29 is 13.2 Å². The summed E-state index contributed by atoms with van der Waals surface area (Å²) in [6, 6.07) is 4.64. The van der Waals surface area contributed by atoms with Crippen LogP contribution in [-0.4, -0.2) is 24.5 Å². The number of nitrogens with zero attached hydrogens (tertiary/aromatic N) is 2. The molecule has 2 heterocycles. The van der Waals surface area contributed by atoms with Gasteiger partial charge in [0.1, 0.15) is 12.1 Å². The Morgan fingerprint density at radius 2 is 2.33 bits per heavy atom. The molecule has 0 bridgehead atoms. The quantitative estimate of drug-likeness (QED) is 0.876. The molecule has 1 aromatic heterocycles. The first-order chi connectivity index (χ1) is 8.65. The van der Waals surface area contributed by atoms with Crippen molar-refractivity contribution in [1.29, 1.82) is 0 Å². The van der Waals surface area contributed by atoms with Gasteiger partial charge < -0.3 is 10.1 Å². The minimum Gasteiger partial charge on any atom is -0.471 e. The Balaban J connectivity index is 1.94. The molecule has 1 aliphatic rings. The Bertz CT molecular complexity index is 669. The molecule has 0 spiro atoms. The molecule has 1 aliphatic heterocycles. The molecule has 0 saturated heterocycles. The van der Waals surface area contributed by atoms with Gasteiger partial charge in [0.15, 0.2) is 6.73 Å². The number of hydrogen-bond donors (Lipinski definition) is 2. The van der Waals surface area contributed by atoms with E-state index in [9.17, 15) is 8.42 Å². The van der Waals surface area contributed by atoms with Crippen LogP contribution < -0.4 is 14.8 Å². The van der Waals surface area contributed by atoms with Crippen LogP contribution in [0.2, 0.25) is 0 Å². The summed E-state index contributed by atoms with van der Waals surface area (Å²) in [5.41, 5.74) is 0.782. The van der Waals surface area contributed by atoms with Crippen LogP contribution in [0.25, 0.3) is 0 Å². The summed E-state index contributed by atoms with van der Waals surface area (Å²) in [7, 11) is -3.65. The molecular weight excluding hydrogens is 276 g/mol. The molecule has 2 N–H and O–H groups in total. The van der Waals surface area contributed by atoms with E-state index in [0.717, 1.165) is 17.2 Å². The van der Waals surface area contributed by atoms with E-state index in [1.807, 2.05) is 0 Å². The third-order valence-corrected chi connectivity index (χ3v) is 4.38. The molecule has 3 rings (SSSR count). The maximum Gasteiger partial charge on any atom is 0.263 e. The fourth-order valence-corrected chi connectivity index (χ4v) is 3.20. The van der Waals surface area contributed by atoms with Gasteiger partial charge in [0, 0.05) is 17.6 Å². The number of hydrogen-bond acceptors (Lipinski definition) is 7. The zero-order chi connectivity index (χ0) is 12.6. The predicted octanol–water partition coefficient (Wildman–Crippen LogP) is 1.10. The van der Waals surface area contributed by atoms with Crippen LogP contribution in [-0.2, 0) is 10.0 Å². The third kappa shape index (κ3) is 1.97. The second kappa shape index (κ2) is 4.10. The highest BCUT2D eigenvalue weighted by Gasteiger charge is 2.20. The summed E-state index contributed by atoms with van der Waals surface area (Å²) in [5.74, 6) is 0.523.